The van der Waals surface area contributed by atoms with Crippen LogP contribution >= 0.6 is 0 Å². The zero-order valence-corrected chi connectivity index (χ0v) is 24.1. The van der Waals surface area contributed by atoms with Gasteiger partial charge in [-0.05, 0) is 53.4 Å². The Morgan fingerprint density at radius 1 is 0.976 bits per heavy atom. The molecule has 1 aromatic heterocycles. The molecule has 1 fully saturated rings. The molecule has 1 saturated heterocycles. The molecule has 216 valence electrons. The summed E-state index contributed by atoms with van der Waals surface area (Å²) in [5.74, 6) is -0.659. The van der Waals surface area contributed by atoms with Crippen LogP contribution in [0.15, 0.2) is 84.9 Å². The minimum absolute atomic E-state index is 0.0955. The van der Waals surface area contributed by atoms with Crippen molar-refractivity contribution < 1.29 is 23.8 Å². The number of H-pyrrole nitrogens is 1. The van der Waals surface area contributed by atoms with Gasteiger partial charge in [-0.3, -0.25) is 9.59 Å². The van der Waals surface area contributed by atoms with Gasteiger partial charge < -0.3 is 20.1 Å². The predicted octanol–water partition coefficient (Wildman–Crippen LogP) is 7.96. The highest BCUT2D eigenvalue weighted by Gasteiger charge is 2.26. The highest BCUT2D eigenvalue weighted by atomic mass is 19.1. The minimum Gasteiger partial charge on any atom is -0.465 e. The van der Waals surface area contributed by atoms with Crippen LogP contribution in [0.25, 0.3) is 22.4 Å². The lowest BCUT2D eigenvalue weighted by molar-refractivity contribution is -0.151. The highest BCUT2D eigenvalue weighted by molar-refractivity contribution is 6.12. The number of rotatable bonds is 5. The maximum absolute atomic E-state index is 13.5. The first-order valence-electron chi connectivity index (χ1n) is 14.0. The molecule has 1 atom stereocenters. The average Bonchev–Trinajstić information content (AvgIpc) is 3.37. The van der Waals surface area contributed by atoms with Crippen LogP contribution in [0.1, 0.15) is 68.9 Å². The van der Waals surface area contributed by atoms with Crippen LogP contribution in [0, 0.1) is 5.82 Å². The van der Waals surface area contributed by atoms with E-state index in [2.05, 4.69) is 28.9 Å². The van der Waals surface area contributed by atoms with Crippen LogP contribution < -0.4 is 5.32 Å². The molecule has 41 heavy (non-hydrogen) atoms. The number of nitrogens with one attached hydrogen (secondary N) is 2. The molecule has 0 bridgehead atoms. The molecule has 2 heterocycles. The van der Waals surface area contributed by atoms with Gasteiger partial charge in [0.25, 0.3) is 5.91 Å². The van der Waals surface area contributed by atoms with Gasteiger partial charge in [0.1, 0.15) is 5.82 Å². The fourth-order valence-electron chi connectivity index (χ4n) is 4.29. The summed E-state index contributed by atoms with van der Waals surface area (Å²) >= 11 is 0. The summed E-state index contributed by atoms with van der Waals surface area (Å²) in [6.45, 7) is 8.72. The molecule has 1 aliphatic rings. The second kappa shape index (κ2) is 15.5. The van der Waals surface area contributed by atoms with E-state index < -0.39 is 6.10 Å². The Balaban J connectivity index is 0.000000354. The van der Waals surface area contributed by atoms with Crippen LogP contribution in [0.5, 0.6) is 0 Å². The van der Waals surface area contributed by atoms with E-state index in [4.69, 9.17) is 5.11 Å². The number of benzene rings is 3. The number of aliphatic hydroxyl groups excluding tert-OH is 1. The van der Waals surface area contributed by atoms with E-state index >= 15 is 0 Å². The lowest BCUT2D eigenvalue weighted by Crippen LogP contribution is -2.24. The number of aliphatic hydroxyl groups is 1. The van der Waals surface area contributed by atoms with Gasteiger partial charge in [-0.2, -0.15) is 0 Å². The predicted molar refractivity (Wildman–Crippen MR) is 162 cm³/mol. The van der Waals surface area contributed by atoms with Gasteiger partial charge in [-0.1, -0.05) is 82.6 Å². The van der Waals surface area contributed by atoms with Gasteiger partial charge in [0, 0.05) is 23.4 Å². The second-order valence-electron chi connectivity index (χ2n) is 10.1. The number of carbonyl (C=O) groups is 2. The minimum atomic E-state index is -0.462. The number of amides is 1. The Morgan fingerprint density at radius 2 is 1.56 bits per heavy atom. The largest absolute Gasteiger partial charge is 0.465 e. The van der Waals surface area contributed by atoms with Gasteiger partial charge in [0.05, 0.1) is 30.4 Å². The van der Waals surface area contributed by atoms with E-state index in [9.17, 15) is 14.0 Å². The van der Waals surface area contributed by atoms with E-state index in [0.717, 1.165) is 33.8 Å². The lowest BCUT2D eigenvalue weighted by atomic mass is 9.94. The number of anilines is 1. The molecule has 1 aliphatic heterocycles. The van der Waals surface area contributed by atoms with Crippen molar-refractivity contribution in [1.82, 2.24) is 4.98 Å². The highest BCUT2D eigenvalue weighted by Crippen LogP contribution is 2.39. The SMILES string of the molecule is CC(C)c1[nH]c(-c2ccc(F)cc2)c(-c2ccccc2)c1C(=O)Nc1ccccc1.CCC.O=C1CC(O)CCO1. The van der Waals surface area contributed by atoms with Crippen LogP contribution in [0.2, 0.25) is 0 Å². The third kappa shape index (κ3) is 8.88. The number of para-hydroxylation sites is 1. The number of ether oxygens (including phenoxy) is 1. The topological polar surface area (TPSA) is 91.4 Å². The molecule has 0 spiro atoms. The monoisotopic (exact) mass is 558 g/mol. The van der Waals surface area contributed by atoms with Crippen LogP contribution in [0.3, 0.4) is 0 Å². The number of aromatic amines is 1. The van der Waals surface area contributed by atoms with E-state index in [0.29, 0.717) is 18.6 Å². The molecule has 0 aliphatic carbocycles. The fraction of sp³-hybridized carbons (Fsp3) is 0.294. The molecular formula is C34H39FN2O4. The number of aromatic nitrogens is 1. The van der Waals surface area contributed by atoms with E-state index in [1.165, 1.54) is 18.6 Å². The first kappa shape index (κ1) is 31.3. The normalized spacial score (nSPS) is 14.2. The average molecular weight is 559 g/mol. The van der Waals surface area contributed by atoms with Gasteiger partial charge in [-0.15, -0.1) is 0 Å². The van der Waals surface area contributed by atoms with E-state index in [-0.39, 0.29) is 30.0 Å². The Labute approximate surface area is 241 Å². The summed E-state index contributed by atoms with van der Waals surface area (Å²) in [5, 5.41) is 11.8. The number of hydrogen-bond donors (Lipinski definition) is 3. The van der Waals surface area contributed by atoms with Gasteiger partial charge in [-0.25, -0.2) is 4.39 Å². The van der Waals surface area contributed by atoms with Crippen molar-refractivity contribution in [2.45, 2.75) is 59.0 Å². The molecule has 7 heteroatoms. The maximum Gasteiger partial charge on any atom is 0.308 e. The number of halogens is 1. The van der Waals surface area contributed by atoms with E-state index in [1.54, 1.807) is 12.1 Å². The summed E-state index contributed by atoms with van der Waals surface area (Å²) in [7, 11) is 0. The molecule has 6 nitrogen and oxygen atoms in total. The second-order valence-corrected chi connectivity index (χ2v) is 10.1. The summed E-state index contributed by atoms with van der Waals surface area (Å²) in [5.41, 5.74) is 5.58. The number of hydrogen-bond acceptors (Lipinski definition) is 4. The van der Waals surface area contributed by atoms with Gasteiger partial charge in [0.15, 0.2) is 0 Å². The summed E-state index contributed by atoms with van der Waals surface area (Å²) in [4.78, 5) is 27.2. The smallest absolute Gasteiger partial charge is 0.308 e. The summed E-state index contributed by atoms with van der Waals surface area (Å²) in [6.07, 6.45) is 1.54. The quantitative estimate of drug-likeness (QED) is 0.217. The summed E-state index contributed by atoms with van der Waals surface area (Å²) < 4.78 is 18.1. The number of esters is 1. The third-order valence-electron chi connectivity index (χ3n) is 6.18. The van der Waals surface area contributed by atoms with Crippen molar-refractivity contribution in [3.05, 3.63) is 102 Å². The number of cyclic esters (lactones) is 1. The zero-order valence-electron chi connectivity index (χ0n) is 24.1. The fourth-order valence-corrected chi connectivity index (χ4v) is 4.29. The van der Waals surface area contributed by atoms with Crippen LogP contribution in [0.4, 0.5) is 10.1 Å². The maximum atomic E-state index is 13.5. The van der Waals surface area contributed by atoms with Crippen molar-refractivity contribution in [2.24, 2.45) is 0 Å². The first-order chi connectivity index (χ1) is 19.7. The zero-order chi connectivity index (χ0) is 29.8. The van der Waals surface area contributed by atoms with Crippen molar-refractivity contribution in [3.8, 4) is 22.4 Å². The van der Waals surface area contributed by atoms with Crippen molar-refractivity contribution in [2.75, 3.05) is 11.9 Å². The Hall–Kier alpha value is -4.23. The van der Waals surface area contributed by atoms with E-state index in [1.807, 2.05) is 74.5 Å². The molecule has 0 radical (unpaired) electrons. The Morgan fingerprint density at radius 3 is 2.07 bits per heavy atom. The number of carbonyl (C=O) groups excluding carboxylic acids is 2. The van der Waals surface area contributed by atoms with Gasteiger partial charge in [0.2, 0.25) is 0 Å². The molecule has 5 rings (SSSR count). The van der Waals surface area contributed by atoms with Gasteiger partial charge >= 0.3 is 5.97 Å². The molecule has 4 aromatic rings. The lowest BCUT2D eigenvalue weighted by Gasteiger charge is -2.15. The standard InChI is InChI=1S/C26H23FN2O.C5H8O3.C3H8/c1-17(2)24-23(26(30)28-21-11-7-4-8-12-21)22(18-9-5-3-6-10-18)25(29-24)19-13-15-20(27)16-14-19;6-4-1-2-8-5(7)3-4;1-3-2/h3-17,29H,1-2H3,(H,28,30);4,6H,1-3H2;3H2,1-2H3. The molecule has 0 saturated carbocycles. The van der Waals surface area contributed by atoms with Crippen molar-refractivity contribution >= 4 is 17.6 Å². The Bertz CT molecular complexity index is 1380. The molecule has 3 aromatic carbocycles. The molecule has 1 amide bonds. The summed E-state index contributed by atoms with van der Waals surface area (Å²) in [6, 6.07) is 25.6. The van der Waals surface area contributed by atoms with Crippen LogP contribution in [-0.4, -0.2) is 34.7 Å². The third-order valence-corrected chi connectivity index (χ3v) is 6.18. The molecule has 3 N–H and O–H groups in total. The van der Waals surface area contributed by atoms with Crippen molar-refractivity contribution in [1.29, 1.82) is 0 Å². The molecule has 1 unspecified atom stereocenters. The van der Waals surface area contributed by atoms with Crippen LogP contribution in [-0.2, 0) is 9.53 Å². The Kier molecular flexibility index (Phi) is 11.9. The first-order valence-corrected chi connectivity index (χ1v) is 14.0. The van der Waals surface area contributed by atoms with Crippen molar-refractivity contribution in [3.63, 3.8) is 0 Å². The molecular weight excluding hydrogens is 519 g/mol.